The van der Waals surface area contributed by atoms with E-state index in [9.17, 15) is 9.59 Å². The second-order valence-corrected chi connectivity index (χ2v) is 5.80. The fourth-order valence-corrected chi connectivity index (χ4v) is 1.69. The number of hydrogen-bond donors (Lipinski definition) is 2. The van der Waals surface area contributed by atoms with E-state index in [1.165, 1.54) is 0 Å². The monoisotopic (exact) mass is 300 g/mol. The van der Waals surface area contributed by atoms with E-state index in [0.717, 1.165) is 5.56 Å². The first-order valence-corrected chi connectivity index (χ1v) is 6.84. The molecule has 2 rings (SSSR count). The Morgan fingerprint density at radius 1 is 0.727 bits per heavy atom. The highest BCUT2D eigenvalue weighted by molar-refractivity contribution is 5.87. The summed E-state index contributed by atoms with van der Waals surface area (Å²) >= 11 is 0. The van der Waals surface area contributed by atoms with Crippen molar-refractivity contribution in [1.29, 1.82) is 0 Å². The van der Waals surface area contributed by atoms with Gasteiger partial charge < -0.3 is 10.2 Å². The zero-order valence-electron chi connectivity index (χ0n) is 12.9. The van der Waals surface area contributed by atoms with Crippen LogP contribution in [0.5, 0.6) is 0 Å². The lowest BCUT2D eigenvalue weighted by Gasteiger charge is -2.18. The van der Waals surface area contributed by atoms with Crippen LogP contribution in [-0.2, 0) is 5.41 Å². The molecule has 0 heterocycles. The van der Waals surface area contributed by atoms with Crippen LogP contribution in [0.3, 0.4) is 0 Å². The molecule has 0 saturated carbocycles. The SMILES string of the molecule is CC(C)(C)c1ccc(C(=O)O)cc1.O=C(O)c1ccccc1. The van der Waals surface area contributed by atoms with Crippen molar-refractivity contribution in [1.82, 2.24) is 0 Å². The van der Waals surface area contributed by atoms with Gasteiger partial charge in [-0.1, -0.05) is 51.1 Å². The maximum absolute atomic E-state index is 10.6. The summed E-state index contributed by atoms with van der Waals surface area (Å²) in [6.45, 7) is 6.30. The fourth-order valence-electron chi connectivity index (χ4n) is 1.69. The van der Waals surface area contributed by atoms with E-state index in [2.05, 4.69) is 20.8 Å². The van der Waals surface area contributed by atoms with Crippen LogP contribution in [0.2, 0.25) is 0 Å². The Balaban J connectivity index is 0.000000235. The van der Waals surface area contributed by atoms with E-state index in [1.54, 1.807) is 42.5 Å². The second kappa shape index (κ2) is 7.41. The van der Waals surface area contributed by atoms with E-state index in [1.807, 2.05) is 12.1 Å². The number of carboxylic acids is 2. The van der Waals surface area contributed by atoms with Gasteiger partial charge in [-0.25, -0.2) is 9.59 Å². The van der Waals surface area contributed by atoms with Crippen molar-refractivity contribution in [2.24, 2.45) is 0 Å². The minimum Gasteiger partial charge on any atom is -0.478 e. The smallest absolute Gasteiger partial charge is 0.335 e. The number of aromatic carboxylic acids is 2. The standard InChI is InChI=1S/C11H14O2.C7H6O2/c1-11(2,3)9-6-4-8(5-7-9)10(12)13;8-7(9)6-4-2-1-3-5-6/h4-7H,1-3H3,(H,12,13);1-5H,(H,8,9). The van der Waals surface area contributed by atoms with Crippen LogP contribution in [-0.4, -0.2) is 22.2 Å². The fraction of sp³-hybridized carbons (Fsp3) is 0.222. The highest BCUT2D eigenvalue weighted by Crippen LogP contribution is 2.21. The Bertz CT molecular complexity index is 622. The molecule has 0 aliphatic rings. The summed E-state index contributed by atoms with van der Waals surface area (Å²) in [5, 5.41) is 17.1. The van der Waals surface area contributed by atoms with Crippen LogP contribution in [0.4, 0.5) is 0 Å². The Hall–Kier alpha value is -2.62. The molecule has 4 nitrogen and oxygen atoms in total. The van der Waals surface area contributed by atoms with Crippen molar-refractivity contribution in [2.75, 3.05) is 0 Å². The van der Waals surface area contributed by atoms with Gasteiger partial charge in [0.25, 0.3) is 0 Å². The van der Waals surface area contributed by atoms with Crippen LogP contribution < -0.4 is 0 Å². The topological polar surface area (TPSA) is 74.6 Å². The van der Waals surface area contributed by atoms with Gasteiger partial charge in [-0.3, -0.25) is 0 Å². The van der Waals surface area contributed by atoms with Gasteiger partial charge in [0.15, 0.2) is 0 Å². The molecule has 2 aromatic carbocycles. The molecule has 0 aliphatic heterocycles. The number of carbonyl (C=O) groups is 2. The Labute approximate surface area is 130 Å². The normalized spacial score (nSPS) is 10.3. The summed E-state index contributed by atoms with van der Waals surface area (Å²) in [5.74, 6) is -1.75. The van der Waals surface area contributed by atoms with Crippen LogP contribution in [0.25, 0.3) is 0 Å². The van der Waals surface area contributed by atoms with E-state index in [0.29, 0.717) is 11.1 Å². The van der Waals surface area contributed by atoms with Gasteiger partial charge in [-0.15, -0.1) is 0 Å². The molecule has 0 aliphatic carbocycles. The molecule has 22 heavy (non-hydrogen) atoms. The van der Waals surface area contributed by atoms with Crippen molar-refractivity contribution in [3.05, 3.63) is 71.3 Å². The number of hydrogen-bond acceptors (Lipinski definition) is 2. The van der Waals surface area contributed by atoms with Gasteiger partial charge in [0.2, 0.25) is 0 Å². The van der Waals surface area contributed by atoms with Gasteiger partial charge in [-0.05, 0) is 35.2 Å². The molecule has 4 heteroatoms. The quantitative estimate of drug-likeness (QED) is 0.876. The van der Waals surface area contributed by atoms with Crippen molar-refractivity contribution >= 4 is 11.9 Å². The maximum atomic E-state index is 10.6. The van der Waals surface area contributed by atoms with Gasteiger partial charge in [0.05, 0.1) is 11.1 Å². The van der Waals surface area contributed by atoms with Crippen LogP contribution in [0, 0.1) is 0 Å². The lowest BCUT2D eigenvalue weighted by Crippen LogP contribution is -2.11. The third kappa shape index (κ3) is 5.40. The maximum Gasteiger partial charge on any atom is 0.335 e. The minimum atomic E-state index is -0.879. The Morgan fingerprint density at radius 3 is 1.45 bits per heavy atom. The van der Waals surface area contributed by atoms with Gasteiger partial charge in [0, 0.05) is 0 Å². The Morgan fingerprint density at radius 2 is 1.14 bits per heavy atom. The minimum absolute atomic E-state index is 0.0804. The molecule has 0 aromatic heterocycles. The van der Waals surface area contributed by atoms with E-state index in [4.69, 9.17) is 10.2 Å². The summed E-state index contributed by atoms with van der Waals surface area (Å²) in [4.78, 5) is 20.8. The molecule has 0 saturated heterocycles. The molecule has 0 spiro atoms. The third-order valence-corrected chi connectivity index (χ3v) is 3.02. The first-order chi connectivity index (χ1) is 10.2. The summed E-state index contributed by atoms with van der Waals surface area (Å²) < 4.78 is 0. The second-order valence-electron chi connectivity index (χ2n) is 5.80. The van der Waals surface area contributed by atoms with Crippen molar-refractivity contribution in [2.45, 2.75) is 26.2 Å². The van der Waals surface area contributed by atoms with Crippen LogP contribution in [0.1, 0.15) is 47.1 Å². The van der Waals surface area contributed by atoms with Crippen LogP contribution in [0.15, 0.2) is 54.6 Å². The number of rotatable bonds is 2. The van der Waals surface area contributed by atoms with Gasteiger partial charge >= 0.3 is 11.9 Å². The average molecular weight is 300 g/mol. The third-order valence-electron chi connectivity index (χ3n) is 3.02. The number of carboxylic acid groups (broad SMARTS) is 2. The van der Waals surface area contributed by atoms with Gasteiger partial charge in [-0.2, -0.15) is 0 Å². The molecule has 2 aromatic rings. The molecule has 116 valence electrons. The zero-order chi connectivity index (χ0) is 16.8. The van der Waals surface area contributed by atoms with Crippen LogP contribution >= 0.6 is 0 Å². The lowest BCUT2D eigenvalue weighted by molar-refractivity contribution is 0.0686. The molecule has 2 N–H and O–H groups in total. The highest BCUT2D eigenvalue weighted by atomic mass is 16.4. The largest absolute Gasteiger partial charge is 0.478 e. The molecule has 0 radical (unpaired) electrons. The van der Waals surface area contributed by atoms with Crippen molar-refractivity contribution < 1.29 is 19.8 Å². The molecular formula is C18H20O4. The first-order valence-electron chi connectivity index (χ1n) is 6.84. The molecule has 0 unspecified atom stereocenters. The highest BCUT2D eigenvalue weighted by Gasteiger charge is 2.13. The first kappa shape index (κ1) is 17.4. The predicted molar refractivity (Wildman–Crippen MR) is 85.5 cm³/mol. The molecule has 0 bridgehead atoms. The molecular weight excluding hydrogens is 280 g/mol. The molecule has 0 amide bonds. The number of benzene rings is 2. The predicted octanol–water partition coefficient (Wildman–Crippen LogP) is 4.07. The van der Waals surface area contributed by atoms with E-state index < -0.39 is 11.9 Å². The van der Waals surface area contributed by atoms with Crippen molar-refractivity contribution in [3.8, 4) is 0 Å². The molecule has 0 fully saturated rings. The Kier molecular flexibility index (Phi) is 5.87. The average Bonchev–Trinajstić information content (AvgIpc) is 2.48. The lowest BCUT2D eigenvalue weighted by atomic mass is 9.87. The van der Waals surface area contributed by atoms with E-state index >= 15 is 0 Å². The summed E-state index contributed by atoms with van der Waals surface area (Å²) in [6, 6.07) is 15.3. The van der Waals surface area contributed by atoms with E-state index in [-0.39, 0.29) is 5.41 Å². The van der Waals surface area contributed by atoms with Crippen molar-refractivity contribution in [3.63, 3.8) is 0 Å². The summed E-state index contributed by atoms with van der Waals surface area (Å²) in [7, 11) is 0. The summed E-state index contributed by atoms with van der Waals surface area (Å²) in [5.41, 5.74) is 1.90. The van der Waals surface area contributed by atoms with Gasteiger partial charge in [0.1, 0.15) is 0 Å². The summed E-state index contributed by atoms with van der Waals surface area (Å²) in [6.07, 6.45) is 0. The zero-order valence-corrected chi connectivity index (χ0v) is 12.9. The molecule has 0 atom stereocenters.